The second kappa shape index (κ2) is 6.79. The summed E-state index contributed by atoms with van der Waals surface area (Å²) in [6.45, 7) is 6.63. The minimum absolute atomic E-state index is 0.180. The Kier molecular flexibility index (Phi) is 4.56. The molecule has 0 saturated heterocycles. The number of rotatable bonds is 5. The minimum atomic E-state index is -0.196. The van der Waals surface area contributed by atoms with Gasteiger partial charge in [-0.2, -0.15) is 0 Å². The number of fused-ring (bicyclic) bond motifs is 1. The highest BCUT2D eigenvalue weighted by Gasteiger charge is 2.13. The topological polar surface area (TPSA) is 48.7 Å². The van der Waals surface area contributed by atoms with Gasteiger partial charge in [0.1, 0.15) is 23.3 Å². The lowest BCUT2D eigenvalue weighted by atomic mass is 10.0. The van der Waals surface area contributed by atoms with Gasteiger partial charge in [0.15, 0.2) is 0 Å². The van der Waals surface area contributed by atoms with Crippen LogP contribution in [0, 0.1) is 0 Å². The quantitative estimate of drug-likeness (QED) is 0.654. The molecule has 124 valence electrons. The molecular formula is C20H20O4. The van der Waals surface area contributed by atoms with E-state index in [-0.39, 0.29) is 11.2 Å². The molecular weight excluding hydrogens is 304 g/mol. The van der Waals surface area contributed by atoms with Crippen molar-refractivity contribution < 1.29 is 13.9 Å². The van der Waals surface area contributed by atoms with Crippen LogP contribution in [0.15, 0.2) is 57.9 Å². The number of ether oxygens (including phenoxy) is 2. The molecule has 0 radical (unpaired) electrons. The fraction of sp³-hybridized carbons (Fsp3) is 0.250. The van der Waals surface area contributed by atoms with E-state index in [1.54, 1.807) is 18.2 Å². The fourth-order valence-corrected chi connectivity index (χ4v) is 2.59. The van der Waals surface area contributed by atoms with Gasteiger partial charge in [-0.3, -0.25) is 4.79 Å². The Hall–Kier alpha value is -2.75. The van der Waals surface area contributed by atoms with Crippen LogP contribution < -0.4 is 14.9 Å². The summed E-state index contributed by atoms with van der Waals surface area (Å²) in [4.78, 5) is 12.7. The van der Waals surface area contributed by atoms with Gasteiger partial charge in [0.2, 0.25) is 11.2 Å². The molecule has 0 amide bonds. The Bertz CT molecular complexity index is 909. The van der Waals surface area contributed by atoms with Gasteiger partial charge in [-0.05, 0) is 36.6 Å². The first kappa shape index (κ1) is 16.1. The zero-order chi connectivity index (χ0) is 17.1. The van der Waals surface area contributed by atoms with Crippen molar-refractivity contribution >= 4 is 11.0 Å². The molecule has 0 unspecified atom stereocenters. The maximum atomic E-state index is 12.7. The molecule has 0 aliphatic carbocycles. The summed E-state index contributed by atoms with van der Waals surface area (Å²) >= 11 is 0. The summed E-state index contributed by atoms with van der Waals surface area (Å²) in [5.74, 6) is 1.82. The normalized spacial score (nSPS) is 11.0. The van der Waals surface area contributed by atoms with Crippen molar-refractivity contribution in [2.75, 3.05) is 6.61 Å². The smallest absolute Gasteiger partial charge is 0.235 e. The third kappa shape index (κ3) is 3.13. The molecule has 0 aliphatic heterocycles. The van der Waals surface area contributed by atoms with Crippen molar-refractivity contribution in [2.45, 2.75) is 26.7 Å². The Morgan fingerprint density at radius 2 is 1.88 bits per heavy atom. The van der Waals surface area contributed by atoms with Crippen LogP contribution in [0.3, 0.4) is 0 Å². The van der Waals surface area contributed by atoms with Crippen LogP contribution in [0.2, 0.25) is 0 Å². The van der Waals surface area contributed by atoms with Gasteiger partial charge in [0.25, 0.3) is 0 Å². The highest BCUT2D eigenvalue weighted by atomic mass is 16.5. The van der Waals surface area contributed by atoms with E-state index >= 15 is 0 Å². The average molecular weight is 324 g/mol. The first-order valence-corrected chi connectivity index (χ1v) is 8.05. The molecule has 4 nitrogen and oxygen atoms in total. The van der Waals surface area contributed by atoms with E-state index in [0.717, 1.165) is 5.56 Å². The summed E-state index contributed by atoms with van der Waals surface area (Å²) in [6, 6.07) is 12.9. The highest BCUT2D eigenvalue weighted by molar-refractivity contribution is 5.79. The Labute approximate surface area is 140 Å². The second-order valence-electron chi connectivity index (χ2n) is 5.81. The number of para-hydroxylation sites is 1. The van der Waals surface area contributed by atoms with Gasteiger partial charge in [0, 0.05) is 6.07 Å². The van der Waals surface area contributed by atoms with Crippen LogP contribution in [-0.4, -0.2) is 6.61 Å². The number of benzene rings is 2. The lowest BCUT2D eigenvalue weighted by molar-refractivity contribution is 0.340. The van der Waals surface area contributed by atoms with Gasteiger partial charge in [-0.15, -0.1) is 0 Å². The molecule has 1 aromatic heterocycles. The van der Waals surface area contributed by atoms with Crippen LogP contribution >= 0.6 is 0 Å². The molecule has 1 heterocycles. The molecule has 0 aliphatic rings. The van der Waals surface area contributed by atoms with E-state index in [1.807, 2.05) is 31.2 Å². The van der Waals surface area contributed by atoms with Crippen molar-refractivity contribution in [3.63, 3.8) is 0 Å². The molecule has 2 aromatic carbocycles. The first-order chi connectivity index (χ1) is 11.6. The van der Waals surface area contributed by atoms with Crippen LogP contribution in [-0.2, 0) is 0 Å². The zero-order valence-electron chi connectivity index (χ0n) is 14.0. The summed E-state index contributed by atoms with van der Waals surface area (Å²) in [5, 5.41) is 0.470. The van der Waals surface area contributed by atoms with Crippen LogP contribution in [0.4, 0.5) is 0 Å². The molecule has 0 N–H and O–H groups in total. The largest absolute Gasteiger partial charge is 0.494 e. The molecule has 0 saturated carbocycles. The molecule has 24 heavy (non-hydrogen) atoms. The van der Waals surface area contributed by atoms with E-state index in [9.17, 15) is 4.79 Å². The fourth-order valence-electron chi connectivity index (χ4n) is 2.59. The zero-order valence-corrected chi connectivity index (χ0v) is 14.0. The third-order valence-electron chi connectivity index (χ3n) is 3.79. The first-order valence-electron chi connectivity index (χ1n) is 8.05. The Balaban J connectivity index is 2.01. The lowest BCUT2D eigenvalue weighted by Gasteiger charge is -2.13. The average Bonchev–Trinajstić information content (AvgIpc) is 2.58. The summed E-state index contributed by atoms with van der Waals surface area (Å²) < 4.78 is 16.9. The Morgan fingerprint density at radius 3 is 2.62 bits per heavy atom. The van der Waals surface area contributed by atoms with Crippen molar-refractivity contribution in [1.82, 2.24) is 0 Å². The van der Waals surface area contributed by atoms with E-state index < -0.39 is 0 Å². The van der Waals surface area contributed by atoms with Crippen LogP contribution in [0.5, 0.6) is 17.2 Å². The molecule has 0 atom stereocenters. The molecule has 3 rings (SSSR count). The predicted octanol–water partition coefficient (Wildman–Crippen LogP) is 5.11. The summed E-state index contributed by atoms with van der Waals surface area (Å²) in [7, 11) is 0. The van der Waals surface area contributed by atoms with Crippen molar-refractivity contribution in [1.29, 1.82) is 0 Å². The molecule has 4 heteroatoms. The predicted molar refractivity (Wildman–Crippen MR) is 94.3 cm³/mol. The van der Waals surface area contributed by atoms with Gasteiger partial charge < -0.3 is 13.9 Å². The Morgan fingerprint density at radius 1 is 1.08 bits per heavy atom. The maximum absolute atomic E-state index is 12.7. The highest BCUT2D eigenvalue weighted by Crippen LogP contribution is 2.30. The monoisotopic (exact) mass is 324 g/mol. The third-order valence-corrected chi connectivity index (χ3v) is 3.79. The maximum Gasteiger partial charge on any atom is 0.235 e. The minimum Gasteiger partial charge on any atom is -0.494 e. The lowest BCUT2D eigenvalue weighted by Crippen LogP contribution is -2.06. The SMILES string of the molecule is CCOc1ccc2c(=O)c(Oc3ccccc3C(C)C)coc2c1. The molecule has 0 bridgehead atoms. The van der Waals surface area contributed by atoms with Crippen molar-refractivity contribution in [3.8, 4) is 17.2 Å². The van der Waals surface area contributed by atoms with Crippen molar-refractivity contribution in [3.05, 3.63) is 64.5 Å². The van der Waals surface area contributed by atoms with Gasteiger partial charge in [-0.1, -0.05) is 32.0 Å². The number of hydrogen-bond acceptors (Lipinski definition) is 4. The van der Waals surface area contributed by atoms with Crippen LogP contribution in [0.25, 0.3) is 11.0 Å². The van der Waals surface area contributed by atoms with E-state index in [0.29, 0.717) is 35.0 Å². The van der Waals surface area contributed by atoms with Gasteiger partial charge in [-0.25, -0.2) is 0 Å². The standard InChI is InChI=1S/C20H20O4/c1-4-22-14-9-10-16-18(11-14)23-12-19(20(16)21)24-17-8-6-5-7-15(17)13(2)3/h5-13H,4H2,1-3H3. The van der Waals surface area contributed by atoms with Gasteiger partial charge >= 0.3 is 0 Å². The summed E-state index contributed by atoms with van der Waals surface area (Å²) in [6.07, 6.45) is 1.36. The van der Waals surface area contributed by atoms with E-state index in [4.69, 9.17) is 13.9 Å². The summed E-state index contributed by atoms with van der Waals surface area (Å²) in [5.41, 5.74) is 1.33. The van der Waals surface area contributed by atoms with Crippen molar-refractivity contribution in [2.24, 2.45) is 0 Å². The van der Waals surface area contributed by atoms with E-state index in [1.165, 1.54) is 6.26 Å². The van der Waals surface area contributed by atoms with E-state index in [2.05, 4.69) is 13.8 Å². The van der Waals surface area contributed by atoms with Gasteiger partial charge in [0.05, 0.1) is 12.0 Å². The van der Waals surface area contributed by atoms with Crippen LogP contribution in [0.1, 0.15) is 32.3 Å². The second-order valence-corrected chi connectivity index (χ2v) is 5.81. The molecule has 0 spiro atoms. The molecule has 0 fully saturated rings. The molecule has 3 aromatic rings. The number of hydrogen-bond donors (Lipinski definition) is 0.